The van der Waals surface area contributed by atoms with Crippen molar-refractivity contribution in [1.29, 1.82) is 0 Å². The van der Waals surface area contributed by atoms with Crippen LogP contribution in [0.2, 0.25) is 0 Å². The summed E-state index contributed by atoms with van der Waals surface area (Å²) in [5.41, 5.74) is 0. The van der Waals surface area contributed by atoms with E-state index in [1.165, 1.54) is 51.4 Å². The molecular formula is C34H66O7. The first-order valence-corrected chi connectivity index (χ1v) is 16.8. The second-order valence-electron chi connectivity index (χ2n) is 10.1. The topological polar surface area (TPSA) is 64.6 Å². The normalized spacial score (nSPS) is 13.9. The Morgan fingerprint density at radius 2 is 0.805 bits per heavy atom. The highest BCUT2D eigenvalue weighted by atomic mass is 16.8. The minimum Gasteiger partial charge on any atom is -0.353 e. The van der Waals surface area contributed by atoms with Crippen LogP contribution in [0.25, 0.3) is 0 Å². The van der Waals surface area contributed by atoms with Crippen molar-refractivity contribution in [2.24, 2.45) is 0 Å². The summed E-state index contributed by atoms with van der Waals surface area (Å²) < 4.78 is 41.5. The van der Waals surface area contributed by atoms with Gasteiger partial charge in [-0.05, 0) is 65.5 Å². The number of hydrogen-bond donors (Lipinski definition) is 0. The molecule has 0 aromatic rings. The van der Waals surface area contributed by atoms with E-state index in [0.717, 1.165) is 38.5 Å². The van der Waals surface area contributed by atoms with Gasteiger partial charge in [-0.2, -0.15) is 0 Å². The Labute approximate surface area is 253 Å². The Morgan fingerprint density at radius 3 is 1.15 bits per heavy atom. The first-order valence-electron chi connectivity index (χ1n) is 16.8. The molecule has 0 N–H and O–H groups in total. The molecular weight excluding hydrogens is 520 g/mol. The summed E-state index contributed by atoms with van der Waals surface area (Å²) in [6.07, 6.45) is 22.0. The highest BCUT2D eigenvalue weighted by Gasteiger charge is 2.15. The second kappa shape index (κ2) is 32.1. The average Bonchev–Trinajstić information content (AvgIpc) is 2.96. The third-order valence-electron chi connectivity index (χ3n) is 6.46. The summed E-state index contributed by atoms with van der Waals surface area (Å²) in [7, 11) is 0. The van der Waals surface area contributed by atoms with Crippen LogP contribution in [-0.4, -0.2) is 64.8 Å². The Kier molecular flexibility index (Phi) is 31.5. The summed E-state index contributed by atoms with van der Waals surface area (Å²) in [5, 5.41) is 0. The van der Waals surface area contributed by atoms with Crippen molar-refractivity contribution in [1.82, 2.24) is 0 Å². The molecule has 0 spiro atoms. The molecule has 7 heteroatoms. The van der Waals surface area contributed by atoms with Crippen molar-refractivity contribution in [3.63, 3.8) is 0 Å². The van der Waals surface area contributed by atoms with E-state index >= 15 is 0 Å². The van der Waals surface area contributed by atoms with Crippen LogP contribution in [-0.2, 0) is 33.2 Å². The molecule has 7 nitrogen and oxygen atoms in total. The molecule has 0 amide bonds. The van der Waals surface area contributed by atoms with Gasteiger partial charge in [-0.3, -0.25) is 0 Å². The van der Waals surface area contributed by atoms with Gasteiger partial charge in [-0.1, -0.05) is 77.4 Å². The lowest BCUT2D eigenvalue weighted by molar-refractivity contribution is -0.208. The van der Waals surface area contributed by atoms with Crippen LogP contribution in [0.4, 0.5) is 0 Å². The number of rotatable bonds is 32. The van der Waals surface area contributed by atoms with Crippen molar-refractivity contribution in [3.05, 3.63) is 24.3 Å². The van der Waals surface area contributed by atoms with Crippen LogP contribution >= 0.6 is 0 Å². The van der Waals surface area contributed by atoms with Gasteiger partial charge in [0.2, 0.25) is 0 Å². The standard InChI is InChI=1S/C34H66O7/c1-7-13-15-17-23-29-39-33(27-21-19-25-31(35-9-3)36-10-4)41-34(40-30-24-18-16-14-8-2)28-22-20-26-32(37-11-5)38-12-6/h21-22,27-28,31-34H,7-20,23-26,29-30H2,1-6H3. The Hall–Kier alpha value is -0.800. The summed E-state index contributed by atoms with van der Waals surface area (Å²) in [4.78, 5) is 0. The van der Waals surface area contributed by atoms with Gasteiger partial charge in [-0.25, -0.2) is 0 Å². The predicted octanol–water partition coefficient (Wildman–Crippen LogP) is 9.10. The maximum atomic E-state index is 6.37. The van der Waals surface area contributed by atoms with Gasteiger partial charge in [0.05, 0.1) is 13.2 Å². The molecule has 0 aliphatic rings. The second-order valence-corrected chi connectivity index (χ2v) is 10.1. The Bertz CT molecular complexity index is 509. The molecule has 0 aliphatic heterocycles. The highest BCUT2D eigenvalue weighted by Crippen LogP contribution is 2.14. The van der Waals surface area contributed by atoms with Crippen LogP contribution in [0, 0.1) is 0 Å². The van der Waals surface area contributed by atoms with E-state index in [2.05, 4.69) is 26.0 Å². The maximum absolute atomic E-state index is 6.37. The van der Waals surface area contributed by atoms with Crippen molar-refractivity contribution in [2.75, 3.05) is 39.6 Å². The lowest BCUT2D eigenvalue weighted by atomic mass is 10.2. The molecule has 0 aliphatic carbocycles. The number of unbranched alkanes of at least 4 members (excludes halogenated alkanes) is 8. The number of ether oxygens (including phenoxy) is 7. The van der Waals surface area contributed by atoms with Crippen LogP contribution < -0.4 is 0 Å². The Morgan fingerprint density at radius 1 is 0.439 bits per heavy atom. The van der Waals surface area contributed by atoms with Crippen LogP contribution in [0.3, 0.4) is 0 Å². The summed E-state index contributed by atoms with van der Waals surface area (Å²) >= 11 is 0. The molecule has 0 fully saturated rings. The van der Waals surface area contributed by atoms with Crippen molar-refractivity contribution in [2.45, 2.75) is 157 Å². The molecule has 41 heavy (non-hydrogen) atoms. The van der Waals surface area contributed by atoms with Gasteiger partial charge in [-0.15, -0.1) is 0 Å². The zero-order chi connectivity index (χ0) is 30.2. The molecule has 0 heterocycles. The minimum absolute atomic E-state index is 0.183. The molecule has 0 saturated heterocycles. The fourth-order valence-corrected chi connectivity index (χ4v) is 4.28. The van der Waals surface area contributed by atoms with E-state index < -0.39 is 12.6 Å². The van der Waals surface area contributed by atoms with E-state index in [0.29, 0.717) is 39.6 Å². The number of hydrogen-bond acceptors (Lipinski definition) is 7. The lowest BCUT2D eigenvalue weighted by Crippen LogP contribution is -2.25. The fraction of sp³-hybridized carbons (Fsp3) is 0.882. The first kappa shape index (κ1) is 40.2. The van der Waals surface area contributed by atoms with Gasteiger partial charge in [0.1, 0.15) is 0 Å². The van der Waals surface area contributed by atoms with Crippen molar-refractivity contribution in [3.8, 4) is 0 Å². The zero-order valence-electron chi connectivity index (χ0n) is 27.6. The summed E-state index contributed by atoms with van der Waals surface area (Å²) in [6, 6.07) is 0. The quantitative estimate of drug-likeness (QED) is 0.0442. The maximum Gasteiger partial charge on any atom is 0.180 e. The number of allylic oxidation sites excluding steroid dienone is 2. The van der Waals surface area contributed by atoms with Crippen LogP contribution in [0.15, 0.2) is 24.3 Å². The molecule has 0 radical (unpaired) electrons. The molecule has 244 valence electrons. The molecule has 0 bridgehead atoms. The third-order valence-corrected chi connectivity index (χ3v) is 6.46. The van der Waals surface area contributed by atoms with E-state index in [1.54, 1.807) is 0 Å². The lowest BCUT2D eigenvalue weighted by Gasteiger charge is -2.22. The van der Waals surface area contributed by atoms with E-state index in [4.69, 9.17) is 33.2 Å². The van der Waals surface area contributed by atoms with Gasteiger partial charge >= 0.3 is 0 Å². The monoisotopic (exact) mass is 586 g/mol. The van der Waals surface area contributed by atoms with E-state index in [9.17, 15) is 0 Å². The van der Waals surface area contributed by atoms with E-state index in [-0.39, 0.29) is 12.6 Å². The van der Waals surface area contributed by atoms with Crippen molar-refractivity contribution >= 4 is 0 Å². The van der Waals surface area contributed by atoms with Crippen molar-refractivity contribution < 1.29 is 33.2 Å². The molecule has 0 aromatic carbocycles. The largest absolute Gasteiger partial charge is 0.353 e. The molecule has 0 aromatic heterocycles. The molecule has 0 rings (SSSR count). The molecule has 2 unspecified atom stereocenters. The van der Waals surface area contributed by atoms with Crippen LogP contribution in [0.1, 0.15) is 131 Å². The fourth-order valence-electron chi connectivity index (χ4n) is 4.28. The Balaban J connectivity index is 5.21. The molecule has 2 atom stereocenters. The van der Waals surface area contributed by atoms with E-state index in [1.807, 2.05) is 39.8 Å². The minimum atomic E-state index is -0.479. The SMILES string of the molecule is CCCCCCCOC(C=CCCC(OCC)OCC)OC(C=CCCC(OCC)OCC)OCCCCCCC. The van der Waals surface area contributed by atoms with Gasteiger partial charge in [0.25, 0.3) is 0 Å². The molecule has 0 saturated carbocycles. The third kappa shape index (κ3) is 26.6. The predicted molar refractivity (Wildman–Crippen MR) is 169 cm³/mol. The van der Waals surface area contributed by atoms with Gasteiger partial charge in [0, 0.05) is 39.3 Å². The summed E-state index contributed by atoms with van der Waals surface area (Å²) in [5.74, 6) is 0. The van der Waals surface area contributed by atoms with Gasteiger partial charge in [0.15, 0.2) is 25.2 Å². The first-order chi connectivity index (χ1) is 20.1. The van der Waals surface area contributed by atoms with Crippen LogP contribution in [0.5, 0.6) is 0 Å². The van der Waals surface area contributed by atoms with Gasteiger partial charge < -0.3 is 33.2 Å². The smallest absolute Gasteiger partial charge is 0.180 e. The average molecular weight is 587 g/mol. The highest BCUT2D eigenvalue weighted by molar-refractivity contribution is 4.90. The zero-order valence-corrected chi connectivity index (χ0v) is 27.6. The summed E-state index contributed by atoms with van der Waals surface area (Å²) in [6.45, 7) is 16.3.